The maximum Gasteiger partial charge on any atom is 0.293 e. The Kier molecular flexibility index (Phi) is 5.61. The highest BCUT2D eigenvalue weighted by Gasteiger charge is 2.35. The summed E-state index contributed by atoms with van der Waals surface area (Å²) < 4.78 is 6.97. The molecule has 0 radical (unpaired) electrons. The zero-order valence-electron chi connectivity index (χ0n) is 14.4. The van der Waals surface area contributed by atoms with E-state index < -0.39 is 0 Å². The molecule has 0 aliphatic carbocycles. The van der Waals surface area contributed by atoms with Gasteiger partial charge in [-0.25, -0.2) is 0 Å². The molecule has 0 bridgehead atoms. The number of nitrogens with zero attached hydrogens (tertiary/aromatic N) is 1. The van der Waals surface area contributed by atoms with Gasteiger partial charge in [-0.2, -0.15) is 0 Å². The molecule has 140 valence electrons. The standard InChI is InChI=1S/C21H13ClINO3S/c22-15-3-1-2-13(10-15)12-24-20(25)19(28-21(24)26)11-17-8-9-18(27-17)14-4-6-16(23)7-5-14/h1-11H,12H2/b19-11-. The van der Waals surface area contributed by atoms with Crippen LogP contribution < -0.4 is 0 Å². The molecule has 0 unspecified atom stereocenters. The van der Waals surface area contributed by atoms with E-state index in [-0.39, 0.29) is 17.7 Å². The molecule has 0 spiro atoms. The molecular formula is C21H13ClINO3S. The summed E-state index contributed by atoms with van der Waals surface area (Å²) in [7, 11) is 0. The first kappa shape index (κ1) is 19.3. The Morgan fingerprint density at radius 2 is 1.86 bits per heavy atom. The monoisotopic (exact) mass is 521 g/mol. The van der Waals surface area contributed by atoms with Crippen LogP contribution in [0.4, 0.5) is 4.79 Å². The number of amides is 2. The van der Waals surface area contributed by atoms with E-state index >= 15 is 0 Å². The first-order valence-electron chi connectivity index (χ1n) is 8.35. The highest BCUT2D eigenvalue weighted by Crippen LogP contribution is 2.34. The fraction of sp³-hybridized carbons (Fsp3) is 0.0476. The molecule has 1 aliphatic rings. The Morgan fingerprint density at radius 3 is 2.61 bits per heavy atom. The molecule has 4 rings (SSSR count). The van der Waals surface area contributed by atoms with Gasteiger partial charge in [0, 0.05) is 20.2 Å². The van der Waals surface area contributed by atoms with Crippen LogP contribution >= 0.6 is 46.0 Å². The first-order valence-corrected chi connectivity index (χ1v) is 10.6. The van der Waals surface area contributed by atoms with E-state index in [2.05, 4.69) is 22.6 Å². The SMILES string of the molecule is O=C1S/C(=C\c2ccc(-c3ccc(I)cc3)o2)C(=O)N1Cc1cccc(Cl)c1. The van der Waals surface area contributed by atoms with Crippen molar-refractivity contribution in [1.29, 1.82) is 0 Å². The number of halogens is 2. The summed E-state index contributed by atoms with van der Waals surface area (Å²) in [6.07, 6.45) is 1.61. The van der Waals surface area contributed by atoms with E-state index in [1.807, 2.05) is 36.4 Å². The zero-order chi connectivity index (χ0) is 19.7. The number of carbonyl (C=O) groups is 2. The number of rotatable bonds is 4. The van der Waals surface area contributed by atoms with Crippen molar-refractivity contribution < 1.29 is 14.0 Å². The van der Waals surface area contributed by atoms with Crippen molar-refractivity contribution >= 4 is 63.2 Å². The molecule has 28 heavy (non-hydrogen) atoms. The molecule has 1 aliphatic heterocycles. The van der Waals surface area contributed by atoms with Gasteiger partial charge in [0.25, 0.3) is 11.1 Å². The normalized spacial score (nSPS) is 15.6. The summed E-state index contributed by atoms with van der Waals surface area (Å²) in [6.45, 7) is 0.189. The Morgan fingerprint density at radius 1 is 1.07 bits per heavy atom. The highest BCUT2D eigenvalue weighted by atomic mass is 127. The number of imide groups is 1. The lowest BCUT2D eigenvalue weighted by Gasteiger charge is -2.12. The molecular weight excluding hydrogens is 509 g/mol. The van der Waals surface area contributed by atoms with Gasteiger partial charge in [-0.3, -0.25) is 14.5 Å². The topological polar surface area (TPSA) is 50.5 Å². The van der Waals surface area contributed by atoms with Gasteiger partial charge in [-0.05, 0) is 76.3 Å². The number of carbonyl (C=O) groups excluding carboxylic acids is 2. The van der Waals surface area contributed by atoms with E-state index in [4.69, 9.17) is 16.0 Å². The molecule has 0 atom stereocenters. The number of hydrogen-bond donors (Lipinski definition) is 0. The van der Waals surface area contributed by atoms with Crippen LogP contribution in [0.15, 0.2) is 70.0 Å². The van der Waals surface area contributed by atoms with E-state index in [0.29, 0.717) is 21.4 Å². The summed E-state index contributed by atoms with van der Waals surface area (Å²) in [4.78, 5) is 26.5. The summed E-state index contributed by atoms with van der Waals surface area (Å²) >= 11 is 9.14. The molecule has 7 heteroatoms. The lowest BCUT2D eigenvalue weighted by Crippen LogP contribution is -2.27. The molecule has 0 saturated carbocycles. The van der Waals surface area contributed by atoms with E-state index in [9.17, 15) is 9.59 Å². The maximum atomic E-state index is 12.7. The van der Waals surface area contributed by atoms with Gasteiger partial charge in [0.2, 0.25) is 0 Å². The fourth-order valence-corrected chi connectivity index (χ4v) is 4.17. The third-order valence-corrected chi connectivity index (χ3v) is 5.99. The summed E-state index contributed by atoms with van der Waals surface area (Å²) in [5, 5.41) is 0.263. The molecule has 1 aromatic heterocycles. The number of thioether (sulfide) groups is 1. The van der Waals surface area contributed by atoms with Gasteiger partial charge in [-0.1, -0.05) is 35.9 Å². The summed E-state index contributed by atoms with van der Waals surface area (Å²) in [5.74, 6) is 0.907. The Bertz CT molecular complexity index is 1090. The third kappa shape index (κ3) is 4.19. The van der Waals surface area contributed by atoms with Gasteiger partial charge in [0.05, 0.1) is 11.4 Å². The lowest BCUT2D eigenvalue weighted by molar-refractivity contribution is -0.123. The number of furan rings is 1. The summed E-state index contributed by atoms with van der Waals surface area (Å²) in [5.41, 5.74) is 1.75. The molecule has 1 fully saturated rings. The number of hydrogen-bond acceptors (Lipinski definition) is 4. The molecule has 1 saturated heterocycles. The first-order chi connectivity index (χ1) is 13.5. The van der Waals surface area contributed by atoms with E-state index in [1.165, 1.54) is 4.90 Å². The summed E-state index contributed by atoms with van der Waals surface area (Å²) in [6, 6.07) is 18.7. The second-order valence-electron chi connectivity index (χ2n) is 6.11. The van der Waals surface area contributed by atoms with Gasteiger partial charge in [0.15, 0.2) is 0 Å². The van der Waals surface area contributed by atoms with Gasteiger partial charge in [-0.15, -0.1) is 0 Å². The Hall–Kier alpha value is -2.03. The van der Waals surface area contributed by atoms with Crippen LogP contribution in [0, 0.1) is 3.57 Å². The van der Waals surface area contributed by atoms with Gasteiger partial charge < -0.3 is 4.42 Å². The quantitative estimate of drug-likeness (QED) is 0.293. The Balaban J connectivity index is 1.53. The second kappa shape index (κ2) is 8.14. The molecule has 0 N–H and O–H groups in total. The van der Waals surface area contributed by atoms with Crippen LogP contribution in [0.3, 0.4) is 0 Å². The van der Waals surface area contributed by atoms with E-state index in [1.54, 1.807) is 30.3 Å². The van der Waals surface area contributed by atoms with E-state index in [0.717, 1.165) is 26.5 Å². The van der Waals surface area contributed by atoms with Crippen molar-refractivity contribution in [2.75, 3.05) is 0 Å². The largest absolute Gasteiger partial charge is 0.457 e. The molecule has 3 aromatic rings. The smallest absolute Gasteiger partial charge is 0.293 e. The van der Waals surface area contributed by atoms with Crippen molar-refractivity contribution in [2.24, 2.45) is 0 Å². The van der Waals surface area contributed by atoms with Gasteiger partial charge >= 0.3 is 0 Å². The minimum absolute atomic E-state index is 0.189. The van der Waals surface area contributed by atoms with Crippen molar-refractivity contribution in [1.82, 2.24) is 4.90 Å². The third-order valence-electron chi connectivity index (χ3n) is 4.13. The molecule has 2 aromatic carbocycles. The minimum atomic E-state index is -0.331. The lowest BCUT2D eigenvalue weighted by atomic mass is 10.2. The minimum Gasteiger partial charge on any atom is -0.457 e. The van der Waals surface area contributed by atoms with Gasteiger partial charge in [0.1, 0.15) is 11.5 Å². The molecule has 2 heterocycles. The zero-order valence-corrected chi connectivity index (χ0v) is 18.1. The second-order valence-corrected chi connectivity index (χ2v) is 8.78. The van der Waals surface area contributed by atoms with Crippen LogP contribution in [0.2, 0.25) is 5.02 Å². The number of benzene rings is 2. The highest BCUT2D eigenvalue weighted by molar-refractivity contribution is 14.1. The van der Waals surface area contributed by atoms with Crippen LogP contribution in [0.25, 0.3) is 17.4 Å². The van der Waals surface area contributed by atoms with Crippen LogP contribution in [-0.4, -0.2) is 16.0 Å². The Labute approximate surface area is 184 Å². The van der Waals surface area contributed by atoms with Crippen molar-refractivity contribution in [3.05, 3.63) is 85.5 Å². The fourth-order valence-electron chi connectivity index (χ4n) is 2.78. The maximum absolute atomic E-state index is 12.7. The average Bonchev–Trinajstić information content (AvgIpc) is 3.23. The van der Waals surface area contributed by atoms with Crippen molar-refractivity contribution in [3.63, 3.8) is 0 Å². The predicted molar refractivity (Wildman–Crippen MR) is 120 cm³/mol. The predicted octanol–water partition coefficient (Wildman–Crippen LogP) is 6.44. The van der Waals surface area contributed by atoms with Crippen molar-refractivity contribution in [2.45, 2.75) is 6.54 Å². The molecule has 2 amide bonds. The molecule has 4 nitrogen and oxygen atoms in total. The van der Waals surface area contributed by atoms with Crippen LogP contribution in [-0.2, 0) is 11.3 Å². The van der Waals surface area contributed by atoms with Crippen LogP contribution in [0.5, 0.6) is 0 Å². The average molecular weight is 522 g/mol. The van der Waals surface area contributed by atoms with Crippen LogP contribution in [0.1, 0.15) is 11.3 Å². The van der Waals surface area contributed by atoms with Crippen molar-refractivity contribution in [3.8, 4) is 11.3 Å².